The molecule has 0 N–H and O–H groups in total. The number of para-hydroxylation sites is 2. The lowest BCUT2D eigenvalue weighted by molar-refractivity contribution is 1.14. The van der Waals surface area contributed by atoms with Gasteiger partial charge in [-0.3, -0.25) is 4.40 Å². The van der Waals surface area contributed by atoms with Crippen molar-refractivity contribution in [1.82, 2.24) is 14.4 Å². The van der Waals surface area contributed by atoms with Gasteiger partial charge in [-0.1, -0.05) is 72.8 Å². The van der Waals surface area contributed by atoms with Crippen molar-refractivity contribution in [2.75, 3.05) is 0 Å². The summed E-state index contributed by atoms with van der Waals surface area (Å²) >= 11 is 0. The van der Waals surface area contributed by atoms with Crippen molar-refractivity contribution in [2.45, 2.75) is 0 Å². The quantitative estimate of drug-likeness (QED) is 0.446. The number of aromatic nitrogens is 3. The standard InChI is InChI=1S/C22H15N3/c1-3-9-16(10-4-1)19-15-21(17-11-5-2-6-12-17)25-20-14-8-7-13-18(20)23-22(25)24-19/h1-15H. The molecule has 5 aromatic rings. The van der Waals surface area contributed by atoms with Crippen molar-refractivity contribution in [3.63, 3.8) is 0 Å². The van der Waals surface area contributed by atoms with Gasteiger partial charge in [0.05, 0.1) is 22.4 Å². The highest BCUT2D eigenvalue weighted by Gasteiger charge is 2.13. The third kappa shape index (κ3) is 2.29. The molecule has 0 radical (unpaired) electrons. The molecule has 2 heterocycles. The van der Waals surface area contributed by atoms with Gasteiger partial charge in [-0.2, -0.15) is 0 Å². The molecule has 3 aromatic carbocycles. The lowest BCUT2D eigenvalue weighted by Gasteiger charge is -2.09. The van der Waals surface area contributed by atoms with Gasteiger partial charge in [0.2, 0.25) is 5.78 Å². The first-order valence-corrected chi connectivity index (χ1v) is 8.29. The van der Waals surface area contributed by atoms with Crippen molar-refractivity contribution < 1.29 is 0 Å². The molecule has 0 aliphatic carbocycles. The lowest BCUT2D eigenvalue weighted by atomic mass is 10.1. The van der Waals surface area contributed by atoms with Crippen LogP contribution in [0, 0.1) is 0 Å². The van der Waals surface area contributed by atoms with E-state index in [4.69, 9.17) is 9.97 Å². The average molecular weight is 321 g/mol. The lowest BCUT2D eigenvalue weighted by Crippen LogP contribution is -1.97. The first kappa shape index (κ1) is 13.9. The molecule has 0 saturated carbocycles. The van der Waals surface area contributed by atoms with Crippen LogP contribution in [-0.2, 0) is 0 Å². The average Bonchev–Trinajstić information content (AvgIpc) is 3.07. The molecule has 25 heavy (non-hydrogen) atoms. The van der Waals surface area contributed by atoms with Crippen LogP contribution in [0.5, 0.6) is 0 Å². The molecule has 0 saturated heterocycles. The summed E-state index contributed by atoms with van der Waals surface area (Å²) in [6.07, 6.45) is 0. The molecule has 118 valence electrons. The number of nitrogens with zero attached hydrogens (tertiary/aromatic N) is 3. The Morgan fingerprint density at radius 2 is 1.24 bits per heavy atom. The zero-order chi connectivity index (χ0) is 16.6. The molecule has 0 spiro atoms. The zero-order valence-electron chi connectivity index (χ0n) is 13.5. The van der Waals surface area contributed by atoms with Gasteiger partial charge in [-0.25, -0.2) is 9.97 Å². The Morgan fingerprint density at radius 3 is 2.00 bits per heavy atom. The van der Waals surface area contributed by atoms with E-state index in [9.17, 15) is 0 Å². The molecule has 3 nitrogen and oxygen atoms in total. The van der Waals surface area contributed by atoms with Crippen LogP contribution in [0.2, 0.25) is 0 Å². The molecule has 0 bridgehead atoms. The number of imidazole rings is 1. The number of fused-ring (bicyclic) bond motifs is 3. The van der Waals surface area contributed by atoms with Crippen LogP contribution < -0.4 is 0 Å². The fourth-order valence-corrected chi connectivity index (χ4v) is 3.24. The van der Waals surface area contributed by atoms with Crippen LogP contribution >= 0.6 is 0 Å². The third-order valence-corrected chi connectivity index (χ3v) is 4.42. The van der Waals surface area contributed by atoms with Crippen molar-refractivity contribution in [3.8, 4) is 22.5 Å². The van der Waals surface area contributed by atoms with Crippen molar-refractivity contribution in [1.29, 1.82) is 0 Å². The van der Waals surface area contributed by atoms with Gasteiger partial charge in [0.25, 0.3) is 0 Å². The molecule has 5 rings (SSSR count). The molecular formula is C22H15N3. The van der Waals surface area contributed by atoms with Gasteiger partial charge in [-0.05, 0) is 23.8 Å². The molecular weight excluding hydrogens is 306 g/mol. The van der Waals surface area contributed by atoms with E-state index in [0.29, 0.717) is 0 Å². The van der Waals surface area contributed by atoms with E-state index in [1.54, 1.807) is 0 Å². The minimum Gasteiger partial charge on any atom is -0.276 e. The van der Waals surface area contributed by atoms with Gasteiger partial charge >= 0.3 is 0 Å². The predicted octanol–water partition coefficient (Wildman–Crippen LogP) is 5.22. The Kier molecular flexibility index (Phi) is 3.10. The molecule has 0 aliphatic heterocycles. The van der Waals surface area contributed by atoms with Crippen LogP contribution in [0.3, 0.4) is 0 Å². The second-order valence-corrected chi connectivity index (χ2v) is 5.99. The van der Waals surface area contributed by atoms with Crippen molar-refractivity contribution in [2.24, 2.45) is 0 Å². The normalized spacial score (nSPS) is 11.2. The van der Waals surface area contributed by atoms with Gasteiger partial charge in [0.1, 0.15) is 0 Å². The molecule has 0 amide bonds. The summed E-state index contributed by atoms with van der Waals surface area (Å²) in [5.74, 6) is 0.724. The molecule has 2 aromatic heterocycles. The number of benzene rings is 3. The van der Waals surface area contributed by atoms with Crippen LogP contribution in [0.25, 0.3) is 39.3 Å². The summed E-state index contributed by atoms with van der Waals surface area (Å²) in [5, 5.41) is 0. The van der Waals surface area contributed by atoms with Gasteiger partial charge in [0.15, 0.2) is 0 Å². The van der Waals surface area contributed by atoms with E-state index in [1.165, 1.54) is 0 Å². The van der Waals surface area contributed by atoms with Gasteiger partial charge < -0.3 is 0 Å². The summed E-state index contributed by atoms with van der Waals surface area (Å²) in [7, 11) is 0. The minimum absolute atomic E-state index is 0.724. The van der Waals surface area contributed by atoms with E-state index in [1.807, 2.05) is 42.5 Å². The highest BCUT2D eigenvalue weighted by Crippen LogP contribution is 2.29. The fraction of sp³-hybridized carbons (Fsp3) is 0. The van der Waals surface area contributed by atoms with Crippen LogP contribution in [0.15, 0.2) is 91.0 Å². The highest BCUT2D eigenvalue weighted by atomic mass is 15.1. The Morgan fingerprint density at radius 1 is 0.600 bits per heavy atom. The van der Waals surface area contributed by atoms with Crippen LogP contribution in [0.4, 0.5) is 0 Å². The zero-order valence-corrected chi connectivity index (χ0v) is 13.5. The van der Waals surface area contributed by atoms with E-state index < -0.39 is 0 Å². The summed E-state index contributed by atoms with van der Waals surface area (Å²) in [6, 6.07) is 31.0. The Labute approximate surface area is 145 Å². The minimum atomic E-state index is 0.724. The Bertz CT molecular complexity index is 1180. The maximum atomic E-state index is 4.82. The Hall–Kier alpha value is -3.46. The van der Waals surface area contributed by atoms with Gasteiger partial charge in [-0.15, -0.1) is 0 Å². The second kappa shape index (κ2) is 5.56. The maximum absolute atomic E-state index is 4.82. The highest BCUT2D eigenvalue weighted by molar-refractivity contribution is 5.84. The summed E-state index contributed by atoms with van der Waals surface area (Å²) in [5.41, 5.74) is 6.30. The number of hydrogen-bond acceptors (Lipinski definition) is 2. The maximum Gasteiger partial charge on any atom is 0.235 e. The van der Waals surface area contributed by atoms with Crippen molar-refractivity contribution in [3.05, 3.63) is 91.0 Å². The molecule has 0 atom stereocenters. The fourth-order valence-electron chi connectivity index (χ4n) is 3.24. The van der Waals surface area contributed by atoms with Crippen LogP contribution in [-0.4, -0.2) is 14.4 Å². The van der Waals surface area contributed by atoms with Crippen molar-refractivity contribution >= 4 is 16.8 Å². The Balaban J connectivity index is 1.90. The molecule has 0 aliphatic rings. The van der Waals surface area contributed by atoms with Crippen LogP contribution in [0.1, 0.15) is 0 Å². The molecule has 0 fully saturated rings. The summed E-state index contributed by atoms with van der Waals surface area (Å²) in [4.78, 5) is 9.56. The second-order valence-electron chi connectivity index (χ2n) is 5.99. The first-order chi connectivity index (χ1) is 12.4. The van der Waals surface area contributed by atoms with E-state index >= 15 is 0 Å². The topological polar surface area (TPSA) is 30.2 Å². The first-order valence-electron chi connectivity index (χ1n) is 8.29. The smallest absolute Gasteiger partial charge is 0.235 e. The predicted molar refractivity (Wildman–Crippen MR) is 101 cm³/mol. The number of rotatable bonds is 2. The SMILES string of the molecule is c1ccc(-c2cc(-c3ccccc3)n3c(n2)nc2ccccc23)cc1. The molecule has 0 unspecified atom stereocenters. The third-order valence-electron chi connectivity index (χ3n) is 4.42. The monoisotopic (exact) mass is 321 g/mol. The van der Waals surface area contributed by atoms with E-state index in [2.05, 4.69) is 52.9 Å². The summed E-state index contributed by atoms with van der Waals surface area (Å²) < 4.78 is 2.14. The summed E-state index contributed by atoms with van der Waals surface area (Å²) in [6.45, 7) is 0. The van der Waals surface area contributed by atoms with E-state index in [0.717, 1.165) is 39.3 Å². The largest absolute Gasteiger partial charge is 0.276 e. The van der Waals surface area contributed by atoms with Gasteiger partial charge in [0, 0.05) is 5.56 Å². The molecule has 3 heteroatoms. The number of hydrogen-bond donors (Lipinski definition) is 0. The van der Waals surface area contributed by atoms with E-state index in [-0.39, 0.29) is 0 Å².